The Morgan fingerprint density at radius 3 is 2.92 bits per heavy atom. The van der Waals surface area contributed by atoms with Gasteiger partial charge in [-0.05, 0) is 24.5 Å². The van der Waals surface area contributed by atoms with Crippen LogP contribution in [0.15, 0.2) is 40.6 Å². The maximum absolute atomic E-state index is 10.2. The van der Waals surface area contributed by atoms with Gasteiger partial charge in [0.25, 0.3) is 0 Å². The highest BCUT2D eigenvalue weighted by molar-refractivity contribution is 8.02. The zero-order valence-corrected chi connectivity index (χ0v) is 8.04. The van der Waals surface area contributed by atoms with E-state index in [9.17, 15) is 4.79 Å². The number of rotatable bonds is 3. The van der Waals surface area contributed by atoms with Gasteiger partial charge < -0.3 is 5.11 Å². The molecule has 0 atom stereocenters. The summed E-state index contributed by atoms with van der Waals surface area (Å²) in [7, 11) is 0. The third-order valence-corrected chi connectivity index (χ3v) is 2.20. The van der Waals surface area contributed by atoms with E-state index in [0.717, 1.165) is 11.0 Å². The molecular formula is C10H10O2S. The lowest BCUT2D eigenvalue weighted by Crippen LogP contribution is -1.84. The van der Waals surface area contributed by atoms with E-state index >= 15 is 0 Å². The number of carbonyl (C=O) groups is 1. The van der Waals surface area contributed by atoms with Gasteiger partial charge in [0, 0.05) is 11.0 Å². The fraction of sp³-hybridized carbons (Fsp3) is 0.100. The van der Waals surface area contributed by atoms with E-state index in [0.29, 0.717) is 0 Å². The SMILES string of the molecule is Cc1cccc(S/C=C\C(=O)O)c1. The molecule has 2 nitrogen and oxygen atoms in total. The molecule has 0 aromatic heterocycles. The number of hydrogen-bond acceptors (Lipinski definition) is 2. The first-order valence-corrected chi connectivity index (χ1v) is 4.69. The molecule has 13 heavy (non-hydrogen) atoms. The highest BCUT2D eigenvalue weighted by Crippen LogP contribution is 2.19. The molecule has 0 heterocycles. The van der Waals surface area contributed by atoms with Gasteiger partial charge >= 0.3 is 5.97 Å². The van der Waals surface area contributed by atoms with E-state index in [-0.39, 0.29) is 0 Å². The standard InChI is InChI=1S/C10H10O2S/c1-8-3-2-4-9(7-8)13-6-5-10(11)12/h2-7H,1H3,(H,11,12)/b6-5-. The number of carboxylic acid groups (broad SMARTS) is 1. The second-order valence-corrected chi connectivity index (χ2v) is 3.55. The predicted octanol–water partition coefficient (Wildman–Crippen LogP) is 2.69. The van der Waals surface area contributed by atoms with Gasteiger partial charge in [0.05, 0.1) is 0 Å². The quantitative estimate of drug-likeness (QED) is 0.593. The molecular weight excluding hydrogens is 184 g/mol. The largest absolute Gasteiger partial charge is 0.478 e. The molecule has 0 aliphatic rings. The summed E-state index contributed by atoms with van der Waals surface area (Å²) in [6.45, 7) is 2.00. The highest BCUT2D eigenvalue weighted by Gasteiger charge is 1.91. The van der Waals surface area contributed by atoms with Crippen molar-refractivity contribution in [3.63, 3.8) is 0 Å². The molecule has 1 aromatic carbocycles. The van der Waals surface area contributed by atoms with Crippen molar-refractivity contribution in [2.75, 3.05) is 0 Å². The summed E-state index contributed by atoms with van der Waals surface area (Å²) in [6, 6.07) is 7.91. The molecule has 1 rings (SSSR count). The van der Waals surface area contributed by atoms with Crippen molar-refractivity contribution < 1.29 is 9.90 Å². The van der Waals surface area contributed by atoms with Gasteiger partial charge in [-0.1, -0.05) is 29.5 Å². The second-order valence-electron chi connectivity index (χ2n) is 2.58. The summed E-state index contributed by atoms with van der Waals surface area (Å²) in [5.74, 6) is -0.917. The second kappa shape index (κ2) is 4.72. The van der Waals surface area contributed by atoms with Crippen LogP contribution in [0.4, 0.5) is 0 Å². The summed E-state index contributed by atoms with van der Waals surface area (Å²) in [5, 5.41) is 9.91. The molecule has 0 radical (unpaired) electrons. The summed E-state index contributed by atoms with van der Waals surface area (Å²) in [6.07, 6.45) is 1.13. The molecule has 0 spiro atoms. The van der Waals surface area contributed by atoms with Crippen LogP contribution < -0.4 is 0 Å². The van der Waals surface area contributed by atoms with Gasteiger partial charge in [-0.25, -0.2) is 4.79 Å². The first-order chi connectivity index (χ1) is 6.18. The molecule has 3 heteroatoms. The third kappa shape index (κ3) is 3.80. The number of benzene rings is 1. The van der Waals surface area contributed by atoms with Crippen LogP contribution in [-0.4, -0.2) is 11.1 Å². The van der Waals surface area contributed by atoms with Gasteiger partial charge in [-0.15, -0.1) is 0 Å². The molecule has 1 N–H and O–H groups in total. The fourth-order valence-corrected chi connectivity index (χ4v) is 1.61. The number of aryl methyl sites for hydroxylation is 1. The van der Waals surface area contributed by atoms with Crippen molar-refractivity contribution in [1.29, 1.82) is 0 Å². The minimum Gasteiger partial charge on any atom is -0.478 e. The van der Waals surface area contributed by atoms with Crippen LogP contribution in [0.1, 0.15) is 5.56 Å². The number of aliphatic carboxylic acids is 1. The summed E-state index contributed by atoms with van der Waals surface area (Å²) in [5.41, 5.74) is 1.17. The smallest absolute Gasteiger partial charge is 0.328 e. The normalized spacial score (nSPS) is 10.5. The molecule has 0 bridgehead atoms. The Morgan fingerprint density at radius 2 is 2.31 bits per heavy atom. The van der Waals surface area contributed by atoms with E-state index < -0.39 is 5.97 Å². The highest BCUT2D eigenvalue weighted by atomic mass is 32.2. The Labute approximate surface area is 81.3 Å². The molecule has 0 amide bonds. The molecule has 68 valence electrons. The first-order valence-electron chi connectivity index (χ1n) is 3.81. The Kier molecular flexibility index (Phi) is 3.58. The lowest BCUT2D eigenvalue weighted by Gasteiger charge is -1.96. The first kappa shape index (κ1) is 9.86. The molecule has 0 aliphatic carbocycles. The molecule has 0 aliphatic heterocycles. The fourth-order valence-electron chi connectivity index (χ4n) is 0.859. The van der Waals surface area contributed by atoms with E-state index in [1.807, 2.05) is 31.2 Å². The summed E-state index contributed by atoms with van der Waals surface area (Å²) in [4.78, 5) is 11.2. The third-order valence-electron chi connectivity index (χ3n) is 1.40. The molecule has 0 unspecified atom stereocenters. The lowest BCUT2D eigenvalue weighted by atomic mass is 10.2. The topological polar surface area (TPSA) is 37.3 Å². The molecule has 0 fully saturated rings. The van der Waals surface area contributed by atoms with Crippen LogP contribution in [0.3, 0.4) is 0 Å². The predicted molar refractivity (Wildman–Crippen MR) is 53.8 cm³/mol. The summed E-state index contributed by atoms with van der Waals surface area (Å²) < 4.78 is 0. The molecule has 0 saturated heterocycles. The lowest BCUT2D eigenvalue weighted by molar-refractivity contribution is -0.131. The van der Waals surface area contributed by atoms with Crippen LogP contribution in [-0.2, 0) is 4.79 Å². The van der Waals surface area contributed by atoms with Crippen molar-refractivity contribution in [3.8, 4) is 0 Å². The maximum atomic E-state index is 10.2. The van der Waals surface area contributed by atoms with Crippen molar-refractivity contribution in [2.24, 2.45) is 0 Å². The number of hydrogen-bond donors (Lipinski definition) is 1. The van der Waals surface area contributed by atoms with E-state index in [2.05, 4.69) is 0 Å². The molecule has 1 aromatic rings. The minimum absolute atomic E-state index is 0.917. The van der Waals surface area contributed by atoms with Crippen LogP contribution in [0.5, 0.6) is 0 Å². The van der Waals surface area contributed by atoms with Crippen molar-refractivity contribution in [1.82, 2.24) is 0 Å². The zero-order chi connectivity index (χ0) is 9.68. The van der Waals surface area contributed by atoms with E-state index in [1.54, 1.807) is 5.41 Å². The number of thioether (sulfide) groups is 1. The van der Waals surface area contributed by atoms with Gasteiger partial charge in [0.15, 0.2) is 0 Å². The Hall–Kier alpha value is -1.22. The number of carboxylic acids is 1. The van der Waals surface area contributed by atoms with Crippen LogP contribution in [0.2, 0.25) is 0 Å². The van der Waals surface area contributed by atoms with Gasteiger partial charge in [0.2, 0.25) is 0 Å². The van der Waals surface area contributed by atoms with Gasteiger partial charge in [0.1, 0.15) is 0 Å². The molecule has 0 saturated carbocycles. The van der Waals surface area contributed by atoms with E-state index in [1.165, 1.54) is 17.3 Å². The van der Waals surface area contributed by atoms with Crippen LogP contribution >= 0.6 is 11.8 Å². The van der Waals surface area contributed by atoms with Crippen molar-refractivity contribution in [2.45, 2.75) is 11.8 Å². The van der Waals surface area contributed by atoms with Gasteiger partial charge in [-0.3, -0.25) is 0 Å². The average Bonchev–Trinajstić information content (AvgIpc) is 2.03. The van der Waals surface area contributed by atoms with Crippen LogP contribution in [0.25, 0.3) is 0 Å². The van der Waals surface area contributed by atoms with Gasteiger partial charge in [-0.2, -0.15) is 0 Å². The average molecular weight is 194 g/mol. The van der Waals surface area contributed by atoms with E-state index in [4.69, 9.17) is 5.11 Å². The van der Waals surface area contributed by atoms with Crippen LogP contribution in [0, 0.1) is 6.92 Å². The minimum atomic E-state index is -0.917. The van der Waals surface area contributed by atoms with Crippen molar-refractivity contribution >= 4 is 17.7 Å². The van der Waals surface area contributed by atoms with Crippen molar-refractivity contribution in [3.05, 3.63) is 41.3 Å². The Bertz CT molecular complexity index is 331. The summed E-state index contributed by atoms with van der Waals surface area (Å²) >= 11 is 1.40. The Morgan fingerprint density at radius 1 is 1.54 bits per heavy atom. The Balaban J connectivity index is 2.59. The maximum Gasteiger partial charge on any atom is 0.328 e. The zero-order valence-electron chi connectivity index (χ0n) is 7.23. The monoisotopic (exact) mass is 194 g/mol.